The van der Waals surface area contributed by atoms with Crippen molar-refractivity contribution in [3.05, 3.63) is 41.4 Å². The highest BCUT2D eigenvalue weighted by Crippen LogP contribution is 2.29. The van der Waals surface area contributed by atoms with Crippen LogP contribution in [-0.4, -0.2) is 5.11 Å². The van der Waals surface area contributed by atoms with Crippen molar-refractivity contribution >= 4 is 17.3 Å². The fourth-order valence-electron chi connectivity index (χ4n) is 1.21. The lowest BCUT2D eigenvalue weighted by molar-refractivity contribution is 0.140. The van der Waals surface area contributed by atoms with Gasteiger partial charge in [-0.3, -0.25) is 0 Å². The zero-order valence-electron chi connectivity index (χ0n) is 8.07. The molecular weight excluding hydrogens is 198 g/mol. The highest BCUT2D eigenvalue weighted by atomic mass is 35.5. The van der Waals surface area contributed by atoms with Crippen molar-refractivity contribution in [3.8, 4) is 0 Å². The minimum atomic E-state index is -0.647. The molecule has 1 aromatic carbocycles. The van der Waals surface area contributed by atoms with Crippen LogP contribution in [0.3, 0.4) is 0 Å². The summed E-state index contributed by atoms with van der Waals surface area (Å²) in [4.78, 5) is 0. The van der Waals surface area contributed by atoms with Crippen LogP contribution in [0.15, 0.2) is 30.9 Å². The zero-order valence-corrected chi connectivity index (χ0v) is 8.83. The van der Waals surface area contributed by atoms with E-state index < -0.39 is 6.10 Å². The molecule has 0 saturated heterocycles. The molecule has 0 aliphatic carbocycles. The first-order chi connectivity index (χ1) is 6.56. The van der Waals surface area contributed by atoms with E-state index in [1.807, 2.05) is 6.92 Å². The maximum absolute atomic E-state index is 9.88. The van der Waals surface area contributed by atoms with E-state index in [1.54, 1.807) is 24.3 Å². The van der Waals surface area contributed by atoms with E-state index in [2.05, 4.69) is 6.58 Å². The third-order valence-corrected chi connectivity index (χ3v) is 2.47. The molecule has 3 N–H and O–H groups in total. The number of benzene rings is 1. The highest BCUT2D eigenvalue weighted by molar-refractivity contribution is 6.30. The lowest BCUT2D eigenvalue weighted by Gasteiger charge is -2.17. The van der Waals surface area contributed by atoms with Gasteiger partial charge in [-0.15, -0.1) is 6.58 Å². The molecule has 0 aromatic heterocycles. The van der Waals surface area contributed by atoms with Crippen molar-refractivity contribution in [2.75, 3.05) is 5.73 Å². The summed E-state index contributed by atoms with van der Waals surface area (Å²) in [6.45, 7) is 5.50. The van der Waals surface area contributed by atoms with Gasteiger partial charge in [0, 0.05) is 22.2 Å². The van der Waals surface area contributed by atoms with Crippen LogP contribution >= 0.6 is 11.6 Å². The molecule has 0 bridgehead atoms. The second-order valence-corrected chi connectivity index (χ2v) is 3.75. The third kappa shape index (κ3) is 2.28. The molecule has 0 amide bonds. The van der Waals surface area contributed by atoms with E-state index in [-0.39, 0.29) is 5.92 Å². The number of hydrogen-bond donors (Lipinski definition) is 2. The van der Waals surface area contributed by atoms with E-state index in [1.165, 1.54) is 0 Å². The van der Waals surface area contributed by atoms with Gasteiger partial charge in [0.1, 0.15) is 0 Å². The van der Waals surface area contributed by atoms with Crippen LogP contribution < -0.4 is 5.73 Å². The Hall–Kier alpha value is -0.990. The molecule has 1 rings (SSSR count). The van der Waals surface area contributed by atoms with Gasteiger partial charge in [0.25, 0.3) is 0 Å². The van der Waals surface area contributed by atoms with Crippen LogP contribution in [-0.2, 0) is 0 Å². The van der Waals surface area contributed by atoms with Crippen molar-refractivity contribution in [2.24, 2.45) is 5.92 Å². The van der Waals surface area contributed by atoms with Gasteiger partial charge in [0.05, 0.1) is 6.10 Å². The van der Waals surface area contributed by atoms with Crippen LogP contribution in [0, 0.1) is 5.92 Å². The first-order valence-corrected chi connectivity index (χ1v) is 4.79. The second kappa shape index (κ2) is 4.49. The molecule has 0 heterocycles. The summed E-state index contributed by atoms with van der Waals surface area (Å²) < 4.78 is 0. The number of aliphatic hydroxyl groups is 1. The average molecular weight is 212 g/mol. The third-order valence-electron chi connectivity index (χ3n) is 2.24. The molecule has 2 atom stereocenters. The topological polar surface area (TPSA) is 46.2 Å². The normalized spacial score (nSPS) is 14.8. The Morgan fingerprint density at radius 1 is 1.57 bits per heavy atom. The van der Waals surface area contributed by atoms with Crippen molar-refractivity contribution in [1.82, 2.24) is 0 Å². The Morgan fingerprint density at radius 3 is 2.79 bits per heavy atom. The van der Waals surface area contributed by atoms with Gasteiger partial charge < -0.3 is 10.8 Å². The van der Waals surface area contributed by atoms with Crippen molar-refractivity contribution < 1.29 is 5.11 Å². The first kappa shape index (κ1) is 11.1. The molecule has 14 heavy (non-hydrogen) atoms. The van der Waals surface area contributed by atoms with Gasteiger partial charge in [-0.2, -0.15) is 0 Å². The first-order valence-electron chi connectivity index (χ1n) is 4.41. The number of anilines is 1. The number of halogens is 1. The van der Waals surface area contributed by atoms with E-state index in [0.29, 0.717) is 16.3 Å². The number of nitrogens with two attached hydrogens (primary N) is 1. The molecule has 0 aliphatic rings. The quantitative estimate of drug-likeness (QED) is 0.597. The molecule has 0 aliphatic heterocycles. The fraction of sp³-hybridized carbons (Fsp3) is 0.273. The van der Waals surface area contributed by atoms with Crippen LogP contribution in [0.4, 0.5) is 5.69 Å². The van der Waals surface area contributed by atoms with Gasteiger partial charge >= 0.3 is 0 Å². The minimum Gasteiger partial charge on any atom is -0.398 e. The molecule has 1 aromatic rings. The van der Waals surface area contributed by atoms with E-state index in [4.69, 9.17) is 17.3 Å². The smallest absolute Gasteiger partial charge is 0.0870 e. The van der Waals surface area contributed by atoms with Crippen molar-refractivity contribution in [3.63, 3.8) is 0 Å². The summed E-state index contributed by atoms with van der Waals surface area (Å²) in [5.74, 6) is -0.0456. The van der Waals surface area contributed by atoms with E-state index >= 15 is 0 Å². The number of hydrogen-bond acceptors (Lipinski definition) is 2. The Labute approximate surface area is 89.0 Å². The largest absolute Gasteiger partial charge is 0.398 e. The van der Waals surface area contributed by atoms with Gasteiger partial charge in [0.15, 0.2) is 0 Å². The zero-order chi connectivity index (χ0) is 10.7. The van der Waals surface area contributed by atoms with Crippen LogP contribution in [0.2, 0.25) is 5.02 Å². The van der Waals surface area contributed by atoms with Crippen LogP contribution in [0.5, 0.6) is 0 Å². The average Bonchev–Trinajstić information content (AvgIpc) is 2.19. The predicted molar refractivity (Wildman–Crippen MR) is 60.2 cm³/mol. The molecule has 3 heteroatoms. The lowest BCUT2D eigenvalue weighted by atomic mass is 9.96. The van der Waals surface area contributed by atoms with Crippen molar-refractivity contribution in [2.45, 2.75) is 13.0 Å². The Morgan fingerprint density at radius 2 is 2.21 bits per heavy atom. The molecular formula is C11H14ClNO. The van der Waals surface area contributed by atoms with E-state index in [9.17, 15) is 5.11 Å². The summed E-state index contributed by atoms with van der Waals surface area (Å²) in [6, 6.07) is 5.07. The van der Waals surface area contributed by atoms with E-state index in [0.717, 1.165) is 0 Å². The van der Waals surface area contributed by atoms with Crippen LogP contribution in [0.25, 0.3) is 0 Å². The SMILES string of the molecule is C=CC(C)C(O)c1cc(Cl)ccc1N. The monoisotopic (exact) mass is 211 g/mol. The molecule has 0 spiro atoms. The highest BCUT2D eigenvalue weighted by Gasteiger charge is 2.16. The van der Waals surface area contributed by atoms with Crippen LogP contribution in [0.1, 0.15) is 18.6 Å². The summed E-state index contributed by atoms with van der Waals surface area (Å²) in [5.41, 5.74) is 6.94. The van der Waals surface area contributed by atoms with Gasteiger partial charge in [-0.25, -0.2) is 0 Å². The maximum atomic E-state index is 9.88. The van der Waals surface area contributed by atoms with Gasteiger partial charge in [-0.1, -0.05) is 24.6 Å². The fourth-order valence-corrected chi connectivity index (χ4v) is 1.39. The Kier molecular flexibility index (Phi) is 3.55. The molecule has 0 saturated carbocycles. The predicted octanol–water partition coefficient (Wildman–Crippen LogP) is 2.78. The molecule has 0 fully saturated rings. The summed E-state index contributed by atoms with van der Waals surface area (Å²) in [6.07, 6.45) is 1.04. The maximum Gasteiger partial charge on any atom is 0.0870 e. The number of aliphatic hydroxyl groups excluding tert-OH is 1. The molecule has 2 nitrogen and oxygen atoms in total. The lowest BCUT2D eigenvalue weighted by Crippen LogP contribution is -2.09. The van der Waals surface area contributed by atoms with Gasteiger partial charge in [0.2, 0.25) is 0 Å². The molecule has 2 unspecified atom stereocenters. The van der Waals surface area contributed by atoms with Gasteiger partial charge in [-0.05, 0) is 18.2 Å². The summed E-state index contributed by atoms with van der Waals surface area (Å²) in [5, 5.41) is 10.5. The molecule has 0 radical (unpaired) electrons. The summed E-state index contributed by atoms with van der Waals surface area (Å²) in [7, 11) is 0. The second-order valence-electron chi connectivity index (χ2n) is 3.31. The summed E-state index contributed by atoms with van der Waals surface area (Å²) >= 11 is 5.82. The van der Waals surface area contributed by atoms with Crippen molar-refractivity contribution in [1.29, 1.82) is 0 Å². The standard InChI is InChI=1S/C11H14ClNO/c1-3-7(2)11(14)9-6-8(12)4-5-10(9)13/h3-7,11,14H,1,13H2,2H3. The molecule has 76 valence electrons. The number of rotatable bonds is 3. The Bertz CT molecular complexity index is 338. The number of nitrogen functional groups attached to an aromatic ring is 1. The minimum absolute atomic E-state index is 0.0456. The Balaban J connectivity index is 3.05.